The lowest BCUT2D eigenvalue weighted by Crippen LogP contribution is -2.26. The average Bonchev–Trinajstić information content (AvgIpc) is 3.24. The lowest BCUT2D eigenvalue weighted by molar-refractivity contribution is 0.0942. The zero-order chi connectivity index (χ0) is 19.7. The smallest absolute Gasteiger partial charge is 0.270 e. The van der Waals surface area contributed by atoms with Crippen molar-refractivity contribution >= 4 is 15.7 Å². The first kappa shape index (κ1) is 18.2. The molecule has 8 nitrogen and oxygen atoms in total. The molecule has 1 aromatic carbocycles. The summed E-state index contributed by atoms with van der Waals surface area (Å²) in [7, 11) is -1.96. The fraction of sp³-hybridized carbons (Fsp3) is 0.211. The van der Waals surface area contributed by atoms with Gasteiger partial charge in [0.1, 0.15) is 17.1 Å². The van der Waals surface area contributed by atoms with Gasteiger partial charge < -0.3 is 14.6 Å². The number of hydrogen-bond acceptors (Lipinski definition) is 6. The summed E-state index contributed by atoms with van der Waals surface area (Å²) in [4.78, 5) is 21.3. The van der Waals surface area contributed by atoms with Crippen LogP contribution in [0.1, 0.15) is 16.1 Å². The van der Waals surface area contributed by atoms with E-state index in [9.17, 15) is 13.2 Å². The Morgan fingerprint density at radius 2 is 2.14 bits per heavy atom. The Labute approximate surface area is 162 Å². The second-order valence-electron chi connectivity index (χ2n) is 6.34. The third-order valence-electron chi connectivity index (χ3n) is 4.53. The van der Waals surface area contributed by atoms with E-state index in [2.05, 4.69) is 15.3 Å². The number of benzene rings is 1. The van der Waals surface area contributed by atoms with Crippen molar-refractivity contribution in [1.29, 1.82) is 0 Å². The Balaban J connectivity index is 1.75. The molecule has 0 spiro atoms. The normalized spacial score (nSPS) is 14.5. The van der Waals surface area contributed by atoms with Gasteiger partial charge in [0, 0.05) is 31.0 Å². The van der Waals surface area contributed by atoms with Gasteiger partial charge in [-0.25, -0.2) is 13.4 Å². The summed E-state index contributed by atoms with van der Waals surface area (Å²) in [6.45, 7) is 0.474. The predicted octanol–water partition coefficient (Wildman–Crippen LogP) is 1.67. The number of rotatable bonds is 5. The van der Waals surface area contributed by atoms with Crippen LogP contribution in [0.15, 0.2) is 53.9 Å². The first-order chi connectivity index (χ1) is 13.5. The number of hydrogen-bond donors (Lipinski definition) is 1. The SMILES string of the molecule is COc1cccc(-c2nc3n(c2C(=O)NCc2cccnc2)CCS3(=O)=O)c1. The second-order valence-corrected chi connectivity index (χ2v) is 8.34. The highest BCUT2D eigenvalue weighted by atomic mass is 32.2. The monoisotopic (exact) mass is 398 g/mol. The van der Waals surface area contributed by atoms with Crippen LogP contribution in [0.4, 0.5) is 0 Å². The van der Waals surface area contributed by atoms with E-state index in [1.54, 1.807) is 42.7 Å². The lowest BCUT2D eigenvalue weighted by atomic mass is 10.1. The largest absolute Gasteiger partial charge is 0.497 e. The van der Waals surface area contributed by atoms with Gasteiger partial charge in [-0.1, -0.05) is 18.2 Å². The van der Waals surface area contributed by atoms with E-state index in [-0.39, 0.29) is 29.7 Å². The Morgan fingerprint density at radius 1 is 1.29 bits per heavy atom. The molecule has 1 aliphatic rings. The van der Waals surface area contributed by atoms with Gasteiger partial charge in [0.15, 0.2) is 0 Å². The van der Waals surface area contributed by atoms with E-state index in [0.717, 1.165) is 5.56 Å². The zero-order valence-electron chi connectivity index (χ0n) is 15.1. The number of carbonyl (C=O) groups excluding carboxylic acids is 1. The number of pyridine rings is 1. The third-order valence-corrected chi connectivity index (χ3v) is 6.12. The molecule has 0 saturated heterocycles. The minimum atomic E-state index is -3.50. The van der Waals surface area contributed by atoms with Gasteiger partial charge in [0.05, 0.1) is 12.9 Å². The van der Waals surface area contributed by atoms with Gasteiger partial charge in [0.2, 0.25) is 15.0 Å². The number of methoxy groups -OCH3 is 1. The molecular weight excluding hydrogens is 380 g/mol. The molecule has 0 fully saturated rings. The van der Waals surface area contributed by atoms with E-state index in [1.165, 1.54) is 11.7 Å². The Morgan fingerprint density at radius 3 is 2.89 bits per heavy atom. The van der Waals surface area contributed by atoms with Crippen LogP contribution in [0, 0.1) is 0 Å². The van der Waals surface area contributed by atoms with E-state index in [1.807, 2.05) is 6.07 Å². The van der Waals surface area contributed by atoms with Crippen molar-refractivity contribution in [2.75, 3.05) is 12.9 Å². The van der Waals surface area contributed by atoms with E-state index >= 15 is 0 Å². The molecule has 0 aliphatic carbocycles. The maximum Gasteiger partial charge on any atom is 0.270 e. The van der Waals surface area contributed by atoms with Crippen LogP contribution in [-0.2, 0) is 22.9 Å². The summed E-state index contributed by atoms with van der Waals surface area (Å²) < 4.78 is 31.4. The van der Waals surface area contributed by atoms with Crippen molar-refractivity contribution in [2.45, 2.75) is 18.2 Å². The van der Waals surface area contributed by atoms with Gasteiger partial charge >= 0.3 is 0 Å². The molecule has 144 valence electrons. The van der Waals surface area contributed by atoms with Crippen LogP contribution < -0.4 is 10.1 Å². The fourth-order valence-corrected chi connectivity index (χ4v) is 4.50. The van der Waals surface area contributed by atoms with Crippen LogP contribution in [0.3, 0.4) is 0 Å². The highest BCUT2D eigenvalue weighted by Crippen LogP contribution is 2.31. The molecule has 1 aliphatic heterocycles. The van der Waals surface area contributed by atoms with Gasteiger partial charge in [-0.15, -0.1) is 0 Å². The summed E-state index contributed by atoms with van der Waals surface area (Å²) in [5, 5.41) is 2.76. The molecule has 3 aromatic rings. The summed E-state index contributed by atoms with van der Waals surface area (Å²) >= 11 is 0. The molecule has 1 amide bonds. The molecule has 28 heavy (non-hydrogen) atoms. The van der Waals surface area contributed by atoms with Gasteiger partial charge in [-0.3, -0.25) is 9.78 Å². The molecule has 2 aromatic heterocycles. The van der Waals surface area contributed by atoms with Crippen LogP contribution in [-0.4, -0.2) is 41.7 Å². The number of ether oxygens (including phenoxy) is 1. The summed E-state index contributed by atoms with van der Waals surface area (Å²) in [5.41, 5.74) is 2.00. The van der Waals surface area contributed by atoms with Crippen molar-refractivity contribution in [3.63, 3.8) is 0 Å². The van der Waals surface area contributed by atoms with Crippen LogP contribution in [0.5, 0.6) is 5.75 Å². The summed E-state index contributed by atoms with van der Waals surface area (Å²) in [6, 6.07) is 10.7. The van der Waals surface area contributed by atoms with Crippen LogP contribution in [0.2, 0.25) is 0 Å². The third kappa shape index (κ3) is 3.24. The van der Waals surface area contributed by atoms with Crippen LogP contribution in [0.25, 0.3) is 11.3 Å². The molecule has 9 heteroatoms. The predicted molar refractivity (Wildman–Crippen MR) is 102 cm³/mol. The number of amides is 1. The number of fused-ring (bicyclic) bond motifs is 1. The Bertz CT molecular complexity index is 1140. The number of carbonyl (C=O) groups is 1. The van der Waals surface area contributed by atoms with Gasteiger partial charge in [-0.2, -0.15) is 0 Å². The number of imidazole rings is 1. The summed E-state index contributed by atoms with van der Waals surface area (Å²) in [6.07, 6.45) is 3.31. The molecule has 1 N–H and O–H groups in total. The van der Waals surface area contributed by atoms with Crippen molar-refractivity contribution in [1.82, 2.24) is 19.9 Å². The Hall–Kier alpha value is -3.20. The number of aromatic nitrogens is 3. The fourth-order valence-electron chi connectivity index (χ4n) is 3.15. The summed E-state index contributed by atoms with van der Waals surface area (Å²) in [5.74, 6) is 0.143. The quantitative estimate of drug-likeness (QED) is 0.701. The van der Waals surface area contributed by atoms with Gasteiger partial charge in [0.25, 0.3) is 5.91 Å². The molecule has 0 bridgehead atoms. The van der Waals surface area contributed by atoms with E-state index < -0.39 is 15.7 Å². The minimum Gasteiger partial charge on any atom is -0.497 e. The topological polar surface area (TPSA) is 103 Å². The number of sulfone groups is 1. The van der Waals surface area contributed by atoms with Crippen molar-refractivity contribution < 1.29 is 17.9 Å². The maximum atomic E-state index is 13.0. The second kappa shape index (κ2) is 7.08. The molecule has 0 atom stereocenters. The number of nitrogens with one attached hydrogen (secondary N) is 1. The molecule has 4 rings (SSSR count). The zero-order valence-corrected chi connectivity index (χ0v) is 15.9. The number of nitrogens with zero attached hydrogens (tertiary/aromatic N) is 3. The highest BCUT2D eigenvalue weighted by molar-refractivity contribution is 7.91. The first-order valence-electron chi connectivity index (χ1n) is 8.64. The molecule has 0 unspecified atom stereocenters. The van der Waals surface area contributed by atoms with Crippen LogP contribution >= 0.6 is 0 Å². The molecule has 3 heterocycles. The van der Waals surface area contributed by atoms with E-state index in [0.29, 0.717) is 17.0 Å². The standard InChI is InChI=1S/C19H18N4O4S/c1-27-15-6-2-5-14(10-15)16-17(23-8-9-28(25,26)19(23)22-16)18(24)21-12-13-4-3-7-20-11-13/h2-7,10-11H,8-9,12H2,1H3,(H,21,24). The molecular formula is C19H18N4O4S. The highest BCUT2D eigenvalue weighted by Gasteiger charge is 2.35. The molecule has 0 radical (unpaired) electrons. The lowest BCUT2D eigenvalue weighted by Gasteiger charge is -2.09. The molecule has 0 saturated carbocycles. The average molecular weight is 398 g/mol. The van der Waals surface area contributed by atoms with Crippen molar-refractivity contribution in [3.05, 3.63) is 60.0 Å². The maximum absolute atomic E-state index is 13.0. The minimum absolute atomic E-state index is 0.0589. The van der Waals surface area contributed by atoms with Gasteiger partial charge in [-0.05, 0) is 23.8 Å². The van der Waals surface area contributed by atoms with Crippen molar-refractivity contribution in [3.8, 4) is 17.0 Å². The van der Waals surface area contributed by atoms with E-state index in [4.69, 9.17) is 4.74 Å². The Kier molecular flexibility index (Phi) is 4.60. The van der Waals surface area contributed by atoms with Crippen molar-refractivity contribution in [2.24, 2.45) is 0 Å². The first-order valence-corrected chi connectivity index (χ1v) is 10.3.